The molecule has 2 aliphatic carbocycles. The highest BCUT2D eigenvalue weighted by Gasteiger charge is 2.53. The van der Waals surface area contributed by atoms with Gasteiger partial charge in [0.05, 0.1) is 18.2 Å². The molecule has 1 N–H and O–H groups in total. The van der Waals surface area contributed by atoms with Gasteiger partial charge in [-0.15, -0.1) is 0 Å². The lowest BCUT2D eigenvalue weighted by atomic mass is 9.61. The van der Waals surface area contributed by atoms with Crippen LogP contribution in [0, 0.1) is 17.8 Å². The molecule has 4 heterocycles. The summed E-state index contributed by atoms with van der Waals surface area (Å²) < 4.78 is 6.45. The van der Waals surface area contributed by atoms with Crippen molar-refractivity contribution in [3.05, 3.63) is 0 Å². The number of fused-ring (bicyclic) bond motifs is 2. The highest BCUT2D eigenvalue weighted by atomic mass is 16.5. The first-order chi connectivity index (χ1) is 14.2. The first-order valence-electron chi connectivity index (χ1n) is 12.4. The van der Waals surface area contributed by atoms with Crippen LogP contribution in [0.2, 0.25) is 0 Å². The zero-order valence-electron chi connectivity index (χ0n) is 19.1. The van der Waals surface area contributed by atoms with Crippen LogP contribution in [0.25, 0.3) is 0 Å². The van der Waals surface area contributed by atoms with Crippen molar-refractivity contribution < 1.29 is 14.3 Å². The van der Waals surface area contributed by atoms with Gasteiger partial charge in [0, 0.05) is 30.5 Å². The predicted octanol–water partition coefficient (Wildman–Crippen LogP) is 3.84. The number of piperidine rings is 1. The molecule has 1 amide bonds. The van der Waals surface area contributed by atoms with Crippen molar-refractivity contribution in [1.82, 2.24) is 10.2 Å². The number of amides is 1. The number of hydrogen-bond donors (Lipinski definition) is 1. The Bertz CT molecular complexity index is 648. The molecular weight excluding hydrogens is 376 g/mol. The summed E-state index contributed by atoms with van der Waals surface area (Å²) >= 11 is 0. The zero-order valence-corrected chi connectivity index (χ0v) is 19.1. The molecule has 168 valence electrons. The number of nitrogens with one attached hydrogen (secondary N) is 1. The van der Waals surface area contributed by atoms with E-state index in [-0.39, 0.29) is 17.0 Å². The minimum absolute atomic E-state index is 0.115. The lowest BCUT2D eigenvalue weighted by Gasteiger charge is -2.56. The molecule has 6 bridgehead atoms. The Balaban J connectivity index is 1.14. The molecule has 5 nitrogen and oxygen atoms in total. The largest absolute Gasteiger partial charge is 0.371 e. The maximum absolute atomic E-state index is 13.1. The molecule has 3 unspecified atom stereocenters. The normalized spacial score (nSPS) is 42.5. The van der Waals surface area contributed by atoms with Gasteiger partial charge >= 0.3 is 0 Å². The molecule has 2 saturated carbocycles. The molecule has 6 fully saturated rings. The van der Waals surface area contributed by atoms with Crippen LogP contribution in [0.15, 0.2) is 0 Å². The molecule has 0 aromatic carbocycles. The number of ketones is 1. The van der Waals surface area contributed by atoms with Crippen molar-refractivity contribution in [2.75, 3.05) is 6.54 Å². The van der Waals surface area contributed by atoms with E-state index in [1.165, 1.54) is 32.1 Å². The van der Waals surface area contributed by atoms with E-state index in [1.54, 1.807) is 0 Å². The van der Waals surface area contributed by atoms with Gasteiger partial charge in [0.2, 0.25) is 5.91 Å². The van der Waals surface area contributed by atoms with Crippen molar-refractivity contribution in [3.8, 4) is 0 Å². The lowest BCUT2D eigenvalue weighted by molar-refractivity contribution is -0.221. The summed E-state index contributed by atoms with van der Waals surface area (Å²) in [6.07, 6.45) is 12.4. The molecule has 4 saturated heterocycles. The molecule has 0 spiro atoms. The van der Waals surface area contributed by atoms with Crippen LogP contribution in [0.5, 0.6) is 0 Å². The summed E-state index contributed by atoms with van der Waals surface area (Å²) in [5.41, 5.74) is -0.295. The average molecular weight is 417 g/mol. The van der Waals surface area contributed by atoms with E-state index in [2.05, 4.69) is 10.2 Å². The van der Waals surface area contributed by atoms with E-state index < -0.39 is 0 Å². The lowest BCUT2D eigenvalue weighted by Crippen LogP contribution is -2.55. The average Bonchev–Trinajstić information content (AvgIpc) is 2.81. The Morgan fingerprint density at radius 3 is 2.20 bits per heavy atom. The van der Waals surface area contributed by atoms with E-state index in [0.29, 0.717) is 42.9 Å². The maximum Gasteiger partial charge on any atom is 0.234 e. The van der Waals surface area contributed by atoms with E-state index in [1.807, 2.05) is 20.8 Å². The summed E-state index contributed by atoms with van der Waals surface area (Å²) in [7, 11) is 0. The fourth-order valence-electron chi connectivity index (χ4n) is 7.89. The van der Waals surface area contributed by atoms with Crippen LogP contribution in [-0.4, -0.2) is 52.5 Å². The Kier molecular flexibility index (Phi) is 5.29. The highest BCUT2D eigenvalue weighted by Crippen LogP contribution is 2.54. The van der Waals surface area contributed by atoms with Gasteiger partial charge < -0.3 is 10.1 Å². The van der Waals surface area contributed by atoms with Crippen LogP contribution in [0.1, 0.15) is 91.4 Å². The fourth-order valence-corrected chi connectivity index (χ4v) is 7.89. The Hall–Kier alpha value is -0.940. The summed E-state index contributed by atoms with van der Waals surface area (Å²) in [5, 5.41) is 3.10. The van der Waals surface area contributed by atoms with Crippen molar-refractivity contribution >= 4 is 11.7 Å². The summed E-state index contributed by atoms with van der Waals surface area (Å²) in [6, 6.07) is 0.950. The van der Waals surface area contributed by atoms with E-state index in [9.17, 15) is 9.59 Å². The molecule has 0 aromatic rings. The van der Waals surface area contributed by atoms with Gasteiger partial charge in [-0.25, -0.2) is 0 Å². The van der Waals surface area contributed by atoms with Crippen molar-refractivity contribution in [1.29, 1.82) is 0 Å². The molecule has 4 aliphatic heterocycles. The van der Waals surface area contributed by atoms with Crippen molar-refractivity contribution in [2.24, 2.45) is 17.8 Å². The third-order valence-electron chi connectivity index (χ3n) is 8.46. The Labute approximate surface area is 181 Å². The summed E-state index contributed by atoms with van der Waals surface area (Å²) in [4.78, 5) is 27.9. The summed E-state index contributed by atoms with van der Waals surface area (Å²) in [6.45, 7) is 6.61. The summed E-state index contributed by atoms with van der Waals surface area (Å²) in [5.74, 6) is 2.67. The zero-order chi connectivity index (χ0) is 21.1. The highest BCUT2D eigenvalue weighted by molar-refractivity contribution is 5.80. The molecule has 0 radical (unpaired) electrons. The third-order valence-corrected chi connectivity index (χ3v) is 8.46. The van der Waals surface area contributed by atoms with Gasteiger partial charge in [0.1, 0.15) is 5.78 Å². The van der Waals surface area contributed by atoms with E-state index in [0.717, 1.165) is 43.9 Å². The fraction of sp³-hybridized carbons (Fsp3) is 0.920. The van der Waals surface area contributed by atoms with E-state index in [4.69, 9.17) is 4.74 Å². The maximum atomic E-state index is 13.1. The smallest absolute Gasteiger partial charge is 0.234 e. The van der Waals surface area contributed by atoms with Gasteiger partial charge in [-0.2, -0.15) is 0 Å². The molecular formula is C25H40N2O3. The second-order valence-corrected chi connectivity index (χ2v) is 12.4. The van der Waals surface area contributed by atoms with Gasteiger partial charge in [0.25, 0.3) is 0 Å². The van der Waals surface area contributed by atoms with Gasteiger partial charge in [0.15, 0.2) is 0 Å². The van der Waals surface area contributed by atoms with Gasteiger partial charge in [-0.1, -0.05) is 0 Å². The molecule has 5 atom stereocenters. The van der Waals surface area contributed by atoms with Crippen LogP contribution >= 0.6 is 0 Å². The van der Waals surface area contributed by atoms with Crippen LogP contribution in [0.3, 0.4) is 0 Å². The molecule has 6 rings (SSSR count). The topological polar surface area (TPSA) is 58.6 Å². The quantitative estimate of drug-likeness (QED) is 0.715. The minimum Gasteiger partial charge on any atom is -0.371 e. The van der Waals surface area contributed by atoms with Gasteiger partial charge in [-0.05, 0) is 96.3 Å². The molecule has 0 aromatic heterocycles. The first-order valence-corrected chi connectivity index (χ1v) is 12.4. The monoisotopic (exact) mass is 416 g/mol. The SMILES string of the molecule is CC(C)(C)NC(=O)CN1[C@@H]2CC[C@H]1CC(CC(=O)CC13CC4CC(CC(C4)O1)C3)C2. The number of carbonyl (C=O) groups excluding carboxylic acids is 2. The van der Waals surface area contributed by atoms with Crippen LogP contribution in [0.4, 0.5) is 0 Å². The second-order valence-electron chi connectivity index (χ2n) is 12.4. The van der Waals surface area contributed by atoms with Gasteiger partial charge in [-0.3, -0.25) is 14.5 Å². The second kappa shape index (κ2) is 7.58. The van der Waals surface area contributed by atoms with E-state index >= 15 is 0 Å². The first kappa shape index (κ1) is 20.9. The number of ether oxygens (including phenoxy) is 1. The standard InChI is InChI=1S/C25H40N2O3/c1-24(2,3)26-23(29)15-27-19-4-5-20(27)8-16(7-19)9-21(28)14-25-12-17-6-18(13-25)11-22(10-17)30-25/h16-20,22H,4-15H2,1-3H3,(H,26,29)/t16?,17?,18?,19-,20+,22?,25?. The predicted molar refractivity (Wildman–Crippen MR) is 116 cm³/mol. The van der Waals surface area contributed by atoms with Crippen LogP contribution in [-0.2, 0) is 14.3 Å². The number of Topliss-reactive ketones (excluding diaryl/α,β-unsaturated/α-hetero) is 1. The molecule has 30 heavy (non-hydrogen) atoms. The third kappa shape index (κ3) is 4.34. The Morgan fingerprint density at radius 1 is 1.00 bits per heavy atom. The van der Waals surface area contributed by atoms with Crippen molar-refractivity contribution in [2.45, 2.75) is 121 Å². The molecule has 5 heteroatoms. The Morgan fingerprint density at radius 2 is 1.63 bits per heavy atom. The number of nitrogens with zero attached hydrogens (tertiary/aromatic N) is 1. The number of carbonyl (C=O) groups is 2. The van der Waals surface area contributed by atoms with Crippen LogP contribution < -0.4 is 5.32 Å². The number of rotatable bonds is 6. The number of hydrogen-bond acceptors (Lipinski definition) is 4. The minimum atomic E-state index is -0.180. The molecule has 6 aliphatic rings. The van der Waals surface area contributed by atoms with Crippen molar-refractivity contribution in [3.63, 3.8) is 0 Å².